The second kappa shape index (κ2) is 8.66. The Kier molecular flexibility index (Phi) is 5.81. The molecule has 3 aromatic carbocycles. The van der Waals surface area contributed by atoms with Gasteiger partial charge in [0, 0.05) is 11.6 Å². The van der Waals surface area contributed by atoms with Gasteiger partial charge >= 0.3 is 5.97 Å². The predicted octanol–water partition coefficient (Wildman–Crippen LogP) is 4.54. The maximum Gasteiger partial charge on any atom is 0.345 e. The zero-order valence-electron chi connectivity index (χ0n) is 15.6. The van der Waals surface area contributed by atoms with Gasteiger partial charge in [-0.2, -0.15) is 0 Å². The minimum absolute atomic E-state index is 0.178. The zero-order valence-corrected chi connectivity index (χ0v) is 17.2. The Bertz CT molecular complexity index is 1030. The molecule has 1 atom stereocenters. The summed E-state index contributed by atoms with van der Waals surface area (Å²) in [6, 6.07) is 20.8. The molecular formula is C23H20BrNO4. The average molecular weight is 454 g/mol. The number of rotatable bonds is 7. The normalized spacial score (nSPS) is 14.2. The summed E-state index contributed by atoms with van der Waals surface area (Å²) in [7, 11) is 0. The number of esters is 1. The number of halogens is 1. The summed E-state index contributed by atoms with van der Waals surface area (Å²) in [5, 5.41) is 4.95. The summed E-state index contributed by atoms with van der Waals surface area (Å²) >= 11 is 3.54. The van der Waals surface area contributed by atoms with Gasteiger partial charge in [0.1, 0.15) is 5.75 Å². The predicted molar refractivity (Wildman–Crippen MR) is 114 cm³/mol. The average Bonchev–Trinajstić information content (AvgIpc) is 3.56. The number of hydrogen-bond acceptors (Lipinski definition) is 4. The van der Waals surface area contributed by atoms with E-state index in [1.807, 2.05) is 48.5 Å². The second-order valence-electron chi connectivity index (χ2n) is 6.95. The summed E-state index contributed by atoms with van der Waals surface area (Å²) in [6.07, 6.45) is 0.925. The summed E-state index contributed by atoms with van der Waals surface area (Å²) in [5.74, 6) is -0.372. The third kappa shape index (κ3) is 4.77. The second-order valence-corrected chi connectivity index (χ2v) is 7.74. The summed E-state index contributed by atoms with van der Waals surface area (Å²) in [6.45, 7) is -0.295. The molecule has 6 heteroatoms. The number of amides is 1. The fraction of sp³-hybridized carbons (Fsp3) is 0.217. The molecule has 0 heterocycles. The lowest BCUT2D eigenvalue weighted by Gasteiger charge is -2.18. The van der Waals surface area contributed by atoms with E-state index in [1.54, 1.807) is 18.2 Å². The highest BCUT2D eigenvalue weighted by Gasteiger charge is 2.30. The number of hydrogen-bond donors (Lipinski definition) is 1. The molecule has 3 aromatic rings. The first-order valence-electron chi connectivity index (χ1n) is 9.46. The van der Waals surface area contributed by atoms with Crippen molar-refractivity contribution in [1.29, 1.82) is 0 Å². The van der Waals surface area contributed by atoms with E-state index < -0.39 is 12.1 Å². The SMILES string of the molecule is O=C(COc1ccc2ccccc2c1Br)O[C@@H](C(=O)NC1CC1)c1ccccc1. The van der Waals surface area contributed by atoms with Crippen LogP contribution in [0.1, 0.15) is 24.5 Å². The van der Waals surface area contributed by atoms with Gasteiger partial charge in [-0.1, -0.05) is 60.7 Å². The van der Waals surface area contributed by atoms with E-state index in [-0.39, 0.29) is 18.6 Å². The first-order valence-corrected chi connectivity index (χ1v) is 10.3. The third-order valence-electron chi connectivity index (χ3n) is 4.69. The van der Waals surface area contributed by atoms with Crippen molar-refractivity contribution in [3.8, 4) is 5.75 Å². The Morgan fingerprint density at radius 3 is 2.48 bits per heavy atom. The van der Waals surface area contributed by atoms with E-state index in [4.69, 9.17) is 9.47 Å². The molecule has 5 nitrogen and oxygen atoms in total. The molecule has 0 aliphatic heterocycles. The van der Waals surface area contributed by atoms with Gasteiger partial charge in [0.15, 0.2) is 6.61 Å². The smallest absolute Gasteiger partial charge is 0.345 e. The standard InChI is InChI=1S/C23H20BrNO4/c24-21-18-9-5-4-6-15(18)10-13-19(21)28-14-20(26)29-22(16-7-2-1-3-8-16)23(27)25-17-11-12-17/h1-10,13,17,22H,11-12,14H2,(H,25,27)/t22-/m1/s1. The van der Waals surface area contributed by atoms with Crippen LogP contribution in [0, 0.1) is 0 Å². The lowest BCUT2D eigenvalue weighted by atomic mass is 10.1. The van der Waals surface area contributed by atoms with Crippen LogP contribution in [-0.4, -0.2) is 24.5 Å². The molecule has 1 fully saturated rings. The molecule has 1 N–H and O–H groups in total. The minimum Gasteiger partial charge on any atom is -0.481 e. The summed E-state index contributed by atoms with van der Waals surface area (Å²) in [4.78, 5) is 25.0. The van der Waals surface area contributed by atoms with E-state index in [0.717, 1.165) is 28.1 Å². The Balaban J connectivity index is 1.44. The minimum atomic E-state index is -0.993. The van der Waals surface area contributed by atoms with E-state index >= 15 is 0 Å². The van der Waals surface area contributed by atoms with Crippen LogP contribution in [0.2, 0.25) is 0 Å². The zero-order chi connectivity index (χ0) is 20.2. The molecule has 1 amide bonds. The largest absolute Gasteiger partial charge is 0.481 e. The molecule has 0 radical (unpaired) electrons. The van der Waals surface area contributed by atoms with Crippen LogP contribution in [0.5, 0.6) is 5.75 Å². The molecule has 1 aliphatic rings. The van der Waals surface area contributed by atoms with Crippen LogP contribution < -0.4 is 10.1 Å². The number of carbonyl (C=O) groups excluding carboxylic acids is 2. The number of carbonyl (C=O) groups is 2. The fourth-order valence-electron chi connectivity index (χ4n) is 3.03. The van der Waals surface area contributed by atoms with Gasteiger partial charge in [0.05, 0.1) is 4.47 Å². The molecule has 1 saturated carbocycles. The van der Waals surface area contributed by atoms with Gasteiger partial charge in [-0.05, 0) is 45.6 Å². The molecular weight excluding hydrogens is 434 g/mol. The monoisotopic (exact) mass is 453 g/mol. The van der Waals surface area contributed by atoms with Crippen LogP contribution in [0.15, 0.2) is 71.2 Å². The summed E-state index contributed by atoms with van der Waals surface area (Å²) < 4.78 is 11.9. The van der Waals surface area contributed by atoms with E-state index in [9.17, 15) is 9.59 Å². The van der Waals surface area contributed by atoms with Crippen molar-refractivity contribution in [1.82, 2.24) is 5.32 Å². The van der Waals surface area contributed by atoms with Crippen molar-refractivity contribution in [3.63, 3.8) is 0 Å². The van der Waals surface area contributed by atoms with Crippen LogP contribution in [-0.2, 0) is 14.3 Å². The molecule has 0 saturated heterocycles. The van der Waals surface area contributed by atoms with E-state index in [2.05, 4.69) is 21.2 Å². The lowest BCUT2D eigenvalue weighted by Crippen LogP contribution is -2.34. The highest BCUT2D eigenvalue weighted by molar-refractivity contribution is 9.10. The van der Waals surface area contributed by atoms with Crippen molar-refractivity contribution in [2.75, 3.05) is 6.61 Å². The topological polar surface area (TPSA) is 64.6 Å². The van der Waals surface area contributed by atoms with Crippen LogP contribution >= 0.6 is 15.9 Å². The molecule has 0 bridgehead atoms. The van der Waals surface area contributed by atoms with Gasteiger partial charge in [0.2, 0.25) is 6.10 Å². The first-order chi connectivity index (χ1) is 14.1. The highest BCUT2D eigenvalue weighted by Crippen LogP contribution is 2.33. The van der Waals surface area contributed by atoms with Crippen molar-refractivity contribution >= 4 is 38.6 Å². The molecule has 0 unspecified atom stereocenters. The molecule has 0 aromatic heterocycles. The maximum absolute atomic E-state index is 12.6. The Labute approximate surface area is 177 Å². The quantitative estimate of drug-likeness (QED) is 0.533. The Morgan fingerprint density at radius 1 is 1.00 bits per heavy atom. The Hall–Kier alpha value is -2.86. The maximum atomic E-state index is 12.6. The van der Waals surface area contributed by atoms with Gasteiger partial charge in [0.25, 0.3) is 5.91 Å². The molecule has 29 heavy (non-hydrogen) atoms. The van der Waals surface area contributed by atoms with Gasteiger partial charge in [-0.25, -0.2) is 4.79 Å². The highest BCUT2D eigenvalue weighted by atomic mass is 79.9. The van der Waals surface area contributed by atoms with Gasteiger partial charge in [-0.3, -0.25) is 4.79 Å². The van der Waals surface area contributed by atoms with Gasteiger partial charge < -0.3 is 14.8 Å². The van der Waals surface area contributed by atoms with Crippen molar-refractivity contribution in [2.45, 2.75) is 25.0 Å². The van der Waals surface area contributed by atoms with Crippen molar-refractivity contribution in [3.05, 3.63) is 76.8 Å². The summed E-state index contributed by atoms with van der Waals surface area (Å²) in [5.41, 5.74) is 0.630. The fourth-order valence-corrected chi connectivity index (χ4v) is 3.64. The van der Waals surface area contributed by atoms with Crippen LogP contribution in [0.25, 0.3) is 10.8 Å². The lowest BCUT2D eigenvalue weighted by molar-refractivity contribution is -0.158. The number of fused-ring (bicyclic) bond motifs is 1. The molecule has 4 rings (SSSR count). The van der Waals surface area contributed by atoms with Crippen LogP contribution in [0.4, 0.5) is 0 Å². The van der Waals surface area contributed by atoms with E-state index in [0.29, 0.717) is 11.3 Å². The van der Waals surface area contributed by atoms with Crippen LogP contribution in [0.3, 0.4) is 0 Å². The third-order valence-corrected chi connectivity index (χ3v) is 5.50. The van der Waals surface area contributed by atoms with E-state index in [1.165, 1.54) is 0 Å². The van der Waals surface area contributed by atoms with Gasteiger partial charge in [-0.15, -0.1) is 0 Å². The number of benzene rings is 3. The molecule has 1 aliphatic carbocycles. The van der Waals surface area contributed by atoms with Crippen molar-refractivity contribution in [2.24, 2.45) is 0 Å². The Morgan fingerprint density at radius 2 is 1.72 bits per heavy atom. The molecule has 0 spiro atoms. The molecule has 148 valence electrons. The first kappa shape index (κ1) is 19.5. The van der Waals surface area contributed by atoms with Crippen molar-refractivity contribution < 1.29 is 19.1 Å². The number of ether oxygens (including phenoxy) is 2. The number of nitrogens with one attached hydrogen (secondary N) is 1.